The average Bonchev–Trinajstić information content (AvgIpc) is 2.68. The molecular formula is C19H19N5O. The second-order valence-electron chi connectivity index (χ2n) is 5.45. The first kappa shape index (κ1) is 16.6. The lowest BCUT2D eigenvalue weighted by Crippen LogP contribution is -2.16. The molecule has 0 saturated heterocycles. The molecule has 3 rings (SSSR count). The first-order valence-corrected chi connectivity index (χ1v) is 8.11. The number of aryl methyl sites for hydroxylation is 1. The highest BCUT2D eigenvalue weighted by Crippen LogP contribution is 2.16. The molecule has 0 bridgehead atoms. The maximum absolute atomic E-state index is 12.5. The summed E-state index contributed by atoms with van der Waals surface area (Å²) in [4.78, 5) is 25.0. The Bertz CT molecular complexity index is 851. The number of hydrogen-bond donors (Lipinski definition) is 2. The van der Waals surface area contributed by atoms with Gasteiger partial charge in [0.1, 0.15) is 5.69 Å². The topological polar surface area (TPSA) is 79.8 Å². The molecule has 0 atom stereocenters. The van der Waals surface area contributed by atoms with Gasteiger partial charge in [-0.2, -0.15) is 0 Å². The molecule has 2 N–H and O–H groups in total. The molecule has 6 nitrogen and oxygen atoms in total. The first-order chi connectivity index (χ1) is 12.3. The van der Waals surface area contributed by atoms with E-state index in [1.807, 2.05) is 36.4 Å². The minimum Gasteiger partial charge on any atom is -0.350 e. The van der Waals surface area contributed by atoms with Gasteiger partial charge >= 0.3 is 0 Å². The van der Waals surface area contributed by atoms with E-state index in [1.165, 1.54) is 0 Å². The number of pyridine rings is 1. The molecule has 1 aromatic carbocycles. The molecule has 3 aromatic rings. The van der Waals surface area contributed by atoms with Crippen molar-refractivity contribution < 1.29 is 4.79 Å². The van der Waals surface area contributed by atoms with Crippen LogP contribution in [0.2, 0.25) is 0 Å². The Balaban J connectivity index is 1.69. The number of amides is 1. The standard InChI is InChI=1S/C19H19N5O/c1-2-15-7-3-4-8-16(15)23-18(25)17-9-11-21-19(24-17)22-13-14-6-5-10-20-12-14/h3-12H,2,13H2,1H3,(H,23,25)(H,21,22,24). The molecule has 2 heterocycles. The Labute approximate surface area is 146 Å². The van der Waals surface area contributed by atoms with Crippen LogP contribution in [0.3, 0.4) is 0 Å². The zero-order valence-electron chi connectivity index (χ0n) is 13.9. The summed E-state index contributed by atoms with van der Waals surface area (Å²) in [7, 11) is 0. The highest BCUT2D eigenvalue weighted by molar-refractivity contribution is 6.03. The highest BCUT2D eigenvalue weighted by atomic mass is 16.1. The molecule has 0 fully saturated rings. The van der Waals surface area contributed by atoms with Gasteiger partial charge in [-0.15, -0.1) is 0 Å². The summed E-state index contributed by atoms with van der Waals surface area (Å²) >= 11 is 0. The Morgan fingerprint density at radius 3 is 2.76 bits per heavy atom. The summed E-state index contributed by atoms with van der Waals surface area (Å²) in [5.41, 5.74) is 3.21. The molecule has 0 aliphatic heterocycles. The largest absolute Gasteiger partial charge is 0.350 e. The van der Waals surface area contributed by atoms with Crippen molar-refractivity contribution in [3.8, 4) is 0 Å². The zero-order chi connectivity index (χ0) is 17.5. The van der Waals surface area contributed by atoms with Crippen LogP contribution in [-0.2, 0) is 13.0 Å². The fourth-order valence-corrected chi connectivity index (χ4v) is 2.39. The number of aromatic nitrogens is 3. The van der Waals surface area contributed by atoms with E-state index in [0.29, 0.717) is 18.2 Å². The van der Waals surface area contributed by atoms with Crippen molar-refractivity contribution in [3.05, 3.63) is 77.9 Å². The smallest absolute Gasteiger partial charge is 0.274 e. The molecule has 2 aromatic heterocycles. The Hall–Kier alpha value is -3.28. The summed E-state index contributed by atoms with van der Waals surface area (Å²) in [5, 5.41) is 6.01. The Morgan fingerprint density at radius 1 is 1.08 bits per heavy atom. The van der Waals surface area contributed by atoms with E-state index in [1.54, 1.807) is 24.7 Å². The maximum Gasteiger partial charge on any atom is 0.274 e. The molecule has 0 aliphatic rings. The van der Waals surface area contributed by atoms with E-state index in [9.17, 15) is 4.79 Å². The predicted octanol–water partition coefficient (Wildman–Crippen LogP) is 3.30. The van der Waals surface area contributed by atoms with Crippen LogP contribution in [0.4, 0.5) is 11.6 Å². The normalized spacial score (nSPS) is 10.3. The second-order valence-corrected chi connectivity index (χ2v) is 5.45. The zero-order valence-corrected chi connectivity index (χ0v) is 13.9. The lowest BCUT2D eigenvalue weighted by molar-refractivity contribution is 0.102. The van der Waals surface area contributed by atoms with E-state index in [4.69, 9.17) is 0 Å². The van der Waals surface area contributed by atoms with Crippen molar-refractivity contribution in [2.45, 2.75) is 19.9 Å². The van der Waals surface area contributed by atoms with E-state index in [2.05, 4.69) is 32.5 Å². The van der Waals surface area contributed by atoms with E-state index in [-0.39, 0.29) is 5.91 Å². The molecule has 0 aliphatic carbocycles. The molecule has 0 radical (unpaired) electrons. The van der Waals surface area contributed by atoms with Gasteiger partial charge in [-0.25, -0.2) is 9.97 Å². The third-order valence-electron chi connectivity index (χ3n) is 3.71. The summed E-state index contributed by atoms with van der Waals surface area (Å²) < 4.78 is 0. The molecule has 25 heavy (non-hydrogen) atoms. The van der Waals surface area contributed by atoms with Gasteiger partial charge in [0.25, 0.3) is 5.91 Å². The van der Waals surface area contributed by atoms with Crippen LogP contribution in [0.5, 0.6) is 0 Å². The lowest BCUT2D eigenvalue weighted by Gasteiger charge is -2.10. The van der Waals surface area contributed by atoms with Crippen molar-refractivity contribution >= 4 is 17.5 Å². The van der Waals surface area contributed by atoms with Crippen LogP contribution in [-0.4, -0.2) is 20.9 Å². The van der Waals surface area contributed by atoms with Crippen molar-refractivity contribution in [1.29, 1.82) is 0 Å². The summed E-state index contributed by atoms with van der Waals surface area (Å²) in [5.74, 6) is 0.146. The van der Waals surface area contributed by atoms with Gasteiger partial charge < -0.3 is 10.6 Å². The molecule has 0 unspecified atom stereocenters. The maximum atomic E-state index is 12.5. The summed E-state index contributed by atoms with van der Waals surface area (Å²) in [6.07, 6.45) is 5.90. The third kappa shape index (κ3) is 4.38. The quantitative estimate of drug-likeness (QED) is 0.723. The average molecular weight is 333 g/mol. The van der Waals surface area contributed by atoms with Crippen LogP contribution in [0.25, 0.3) is 0 Å². The first-order valence-electron chi connectivity index (χ1n) is 8.11. The number of nitrogens with zero attached hydrogens (tertiary/aromatic N) is 3. The van der Waals surface area contributed by atoms with Gasteiger partial charge in [0.05, 0.1) is 0 Å². The van der Waals surface area contributed by atoms with E-state index >= 15 is 0 Å². The van der Waals surface area contributed by atoms with Crippen LogP contribution in [0.1, 0.15) is 28.5 Å². The number of anilines is 2. The van der Waals surface area contributed by atoms with Crippen molar-refractivity contribution in [3.63, 3.8) is 0 Å². The van der Waals surface area contributed by atoms with Gasteiger partial charge in [0.2, 0.25) is 5.95 Å². The second kappa shape index (κ2) is 8.01. The number of carbonyl (C=O) groups is 1. The number of benzene rings is 1. The number of hydrogen-bond acceptors (Lipinski definition) is 5. The number of rotatable bonds is 6. The molecule has 0 spiro atoms. The molecule has 126 valence electrons. The van der Waals surface area contributed by atoms with Gasteiger partial charge in [-0.1, -0.05) is 31.2 Å². The number of nitrogens with one attached hydrogen (secondary N) is 2. The van der Waals surface area contributed by atoms with Gasteiger partial charge in [-0.3, -0.25) is 9.78 Å². The van der Waals surface area contributed by atoms with Crippen LogP contribution in [0, 0.1) is 0 Å². The van der Waals surface area contributed by atoms with Gasteiger partial charge in [0.15, 0.2) is 0 Å². The minimum absolute atomic E-state index is 0.257. The van der Waals surface area contributed by atoms with Crippen molar-refractivity contribution in [2.75, 3.05) is 10.6 Å². The third-order valence-corrected chi connectivity index (χ3v) is 3.71. The van der Waals surface area contributed by atoms with E-state index < -0.39 is 0 Å². The van der Waals surface area contributed by atoms with Gasteiger partial charge in [-0.05, 0) is 35.7 Å². The molecule has 0 saturated carbocycles. The van der Waals surface area contributed by atoms with E-state index in [0.717, 1.165) is 23.2 Å². The van der Waals surface area contributed by atoms with Crippen LogP contribution in [0.15, 0.2) is 61.1 Å². The fourth-order valence-electron chi connectivity index (χ4n) is 2.39. The minimum atomic E-state index is -0.257. The van der Waals surface area contributed by atoms with Gasteiger partial charge in [0, 0.05) is 30.8 Å². The van der Waals surface area contributed by atoms with Crippen LogP contribution < -0.4 is 10.6 Å². The summed E-state index contributed by atoms with van der Waals surface area (Å²) in [6.45, 7) is 2.59. The van der Waals surface area contributed by atoms with Crippen LogP contribution >= 0.6 is 0 Å². The lowest BCUT2D eigenvalue weighted by atomic mass is 10.1. The number of carbonyl (C=O) groups excluding carboxylic acids is 1. The highest BCUT2D eigenvalue weighted by Gasteiger charge is 2.11. The molecule has 6 heteroatoms. The molecule has 1 amide bonds. The summed E-state index contributed by atoms with van der Waals surface area (Å²) in [6, 6.07) is 13.2. The van der Waals surface area contributed by atoms with Crippen molar-refractivity contribution in [2.24, 2.45) is 0 Å². The Morgan fingerprint density at radius 2 is 1.96 bits per heavy atom. The molecular weight excluding hydrogens is 314 g/mol. The fraction of sp³-hybridized carbons (Fsp3) is 0.158. The SMILES string of the molecule is CCc1ccccc1NC(=O)c1ccnc(NCc2cccnc2)n1. The van der Waals surface area contributed by atoms with Crippen molar-refractivity contribution in [1.82, 2.24) is 15.0 Å². The Kier molecular flexibility index (Phi) is 5.31. The number of para-hydroxylation sites is 1. The predicted molar refractivity (Wildman–Crippen MR) is 97.4 cm³/mol. The monoisotopic (exact) mass is 333 g/mol.